The van der Waals surface area contributed by atoms with Crippen molar-refractivity contribution in [2.45, 2.75) is 39.0 Å². The van der Waals surface area contributed by atoms with Crippen LogP contribution in [0, 0.1) is 0 Å². The first-order valence-electron chi connectivity index (χ1n) is 5.06. The molecule has 0 aromatic rings. The number of nitrogens with zero attached hydrogens (tertiary/aromatic N) is 1. The minimum absolute atomic E-state index is 0.345. The lowest BCUT2D eigenvalue weighted by Gasteiger charge is -2.29. The summed E-state index contributed by atoms with van der Waals surface area (Å²) in [6, 6.07) is 0. The van der Waals surface area contributed by atoms with Gasteiger partial charge in [0, 0.05) is 0 Å². The summed E-state index contributed by atoms with van der Waals surface area (Å²) in [6.07, 6.45) is 1.51. The van der Waals surface area contributed by atoms with Gasteiger partial charge in [0.2, 0.25) is 0 Å². The quantitative estimate of drug-likeness (QED) is 0.686. The van der Waals surface area contributed by atoms with Crippen LogP contribution in [0.5, 0.6) is 0 Å². The minimum Gasteiger partial charge on any atom is -0.389 e. The fraction of sp³-hybridized carbons (Fsp3) is 0.889. The van der Waals surface area contributed by atoms with Gasteiger partial charge in [-0.3, -0.25) is 4.57 Å². The average Bonchev–Trinajstić information content (AvgIpc) is 2.46. The van der Waals surface area contributed by atoms with Crippen molar-refractivity contribution in [1.82, 2.24) is 0 Å². The van der Waals surface area contributed by atoms with Gasteiger partial charge in [-0.15, -0.1) is 0 Å². The van der Waals surface area contributed by atoms with Gasteiger partial charge < -0.3 is 13.9 Å². The lowest BCUT2D eigenvalue weighted by atomic mass is 10.1. The highest BCUT2D eigenvalue weighted by molar-refractivity contribution is 7.55. The molecule has 0 aliphatic carbocycles. The molecule has 0 bridgehead atoms. The first-order chi connectivity index (χ1) is 6.96. The molecule has 0 fully saturated rings. The van der Waals surface area contributed by atoms with Gasteiger partial charge in [0.25, 0.3) is 0 Å². The van der Waals surface area contributed by atoms with Crippen molar-refractivity contribution in [2.75, 3.05) is 13.2 Å². The van der Waals surface area contributed by atoms with Crippen molar-refractivity contribution in [1.29, 1.82) is 0 Å². The van der Waals surface area contributed by atoms with Crippen LogP contribution in [0.2, 0.25) is 0 Å². The molecule has 0 saturated carbocycles. The van der Waals surface area contributed by atoms with E-state index < -0.39 is 18.9 Å². The molecule has 1 rings (SSSR count). The monoisotopic (exact) mass is 235 g/mol. The zero-order valence-electron chi connectivity index (χ0n) is 9.60. The molecular formula is C9H18NO4P. The van der Waals surface area contributed by atoms with Gasteiger partial charge >= 0.3 is 7.60 Å². The molecule has 0 saturated heterocycles. The zero-order valence-corrected chi connectivity index (χ0v) is 10.5. The van der Waals surface area contributed by atoms with Crippen molar-refractivity contribution in [3.8, 4) is 0 Å². The Morgan fingerprint density at radius 2 is 1.93 bits per heavy atom. The predicted molar refractivity (Wildman–Crippen MR) is 58.3 cm³/mol. The molecule has 0 aromatic heterocycles. The van der Waals surface area contributed by atoms with E-state index >= 15 is 0 Å². The van der Waals surface area contributed by atoms with Crippen LogP contribution in [0.4, 0.5) is 0 Å². The Morgan fingerprint density at radius 3 is 2.27 bits per heavy atom. The van der Waals surface area contributed by atoms with Gasteiger partial charge in [-0.1, -0.05) is 5.16 Å². The highest BCUT2D eigenvalue weighted by Crippen LogP contribution is 2.57. The standard InChI is InChI=1S/C9H18NO4P/c1-5-12-15(11,13-6-2)8-7-10-14-9(8,3)4/h7-8H,5-6H2,1-4H3. The van der Waals surface area contributed by atoms with Crippen LogP contribution in [0.1, 0.15) is 27.7 Å². The van der Waals surface area contributed by atoms with Crippen LogP contribution in [-0.4, -0.2) is 30.7 Å². The molecule has 0 N–H and O–H groups in total. The van der Waals surface area contributed by atoms with Gasteiger partial charge in [0.05, 0.1) is 19.4 Å². The Balaban J connectivity index is 2.89. The normalized spacial score (nSPS) is 24.1. The number of rotatable bonds is 5. The Kier molecular flexibility index (Phi) is 3.93. The fourth-order valence-electron chi connectivity index (χ4n) is 1.48. The summed E-state index contributed by atoms with van der Waals surface area (Å²) in [5, 5.41) is 3.69. The van der Waals surface area contributed by atoms with Crippen LogP contribution in [0.15, 0.2) is 5.16 Å². The molecular weight excluding hydrogens is 217 g/mol. The Bertz CT molecular complexity index is 280. The summed E-state index contributed by atoms with van der Waals surface area (Å²) in [5.41, 5.74) is -1.08. The van der Waals surface area contributed by atoms with E-state index in [2.05, 4.69) is 5.16 Å². The molecule has 5 nitrogen and oxygen atoms in total. The van der Waals surface area contributed by atoms with Gasteiger partial charge in [-0.05, 0) is 27.7 Å². The van der Waals surface area contributed by atoms with E-state index in [0.29, 0.717) is 13.2 Å². The average molecular weight is 235 g/mol. The maximum Gasteiger partial charge on any atom is 0.343 e. The summed E-state index contributed by atoms with van der Waals surface area (Å²) in [5.74, 6) is 0. The van der Waals surface area contributed by atoms with Crippen molar-refractivity contribution < 1.29 is 18.5 Å². The van der Waals surface area contributed by atoms with Gasteiger partial charge in [0.1, 0.15) is 5.66 Å². The second kappa shape index (κ2) is 4.64. The SMILES string of the molecule is CCOP(=O)(OCC)C1C=NOC1(C)C. The van der Waals surface area contributed by atoms with E-state index in [1.54, 1.807) is 13.8 Å². The summed E-state index contributed by atoms with van der Waals surface area (Å²) in [7, 11) is -3.16. The molecule has 0 amide bonds. The van der Waals surface area contributed by atoms with Crippen LogP contribution in [0.3, 0.4) is 0 Å². The van der Waals surface area contributed by atoms with E-state index in [0.717, 1.165) is 0 Å². The second-order valence-electron chi connectivity index (χ2n) is 3.77. The van der Waals surface area contributed by atoms with Gasteiger partial charge in [-0.2, -0.15) is 0 Å². The minimum atomic E-state index is -3.16. The van der Waals surface area contributed by atoms with Crippen molar-refractivity contribution in [3.63, 3.8) is 0 Å². The van der Waals surface area contributed by atoms with Crippen molar-refractivity contribution in [2.24, 2.45) is 5.16 Å². The molecule has 1 heterocycles. The third kappa shape index (κ3) is 2.60. The summed E-state index contributed by atoms with van der Waals surface area (Å²) in [6.45, 7) is 7.89. The van der Waals surface area contributed by atoms with Gasteiger partial charge in [-0.25, -0.2) is 0 Å². The zero-order chi connectivity index (χ0) is 11.5. The highest BCUT2D eigenvalue weighted by Gasteiger charge is 2.49. The topological polar surface area (TPSA) is 57.1 Å². The molecule has 1 aliphatic heterocycles. The first-order valence-corrected chi connectivity index (χ1v) is 6.68. The van der Waals surface area contributed by atoms with E-state index in [1.807, 2.05) is 13.8 Å². The van der Waals surface area contributed by atoms with Crippen molar-refractivity contribution in [3.05, 3.63) is 0 Å². The van der Waals surface area contributed by atoms with Gasteiger partial charge in [0.15, 0.2) is 5.60 Å². The lowest BCUT2D eigenvalue weighted by molar-refractivity contribution is 0.00882. The molecule has 1 atom stereocenters. The maximum atomic E-state index is 12.4. The Hall–Kier alpha value is -0.380. The molecule has 0 radical (unpaired) electrons. The molecule has 0 aromatic carbocycles. The Labute approximate surface area is 90.3 Å². The lowest BCUT2D eigenvalue weighted by Crippen LogP contribution is -2.35. The Morgan fingerprint density at radius 1 is 1.40 bits per heavy atom. The molecule has 6 heteroatoms. The van der Waals surface area contributed by atoms with Crippen LogP contribution in [0.25, 0.3) is 0 Å². The van der Waals surface area contributed by atoms with E-state index in [1.165, 1.54) is 6.21 Å². The molecule has 1 unspecified atom stereocenters. The number of hydrogen-bond acceptors (Lipinski definition) is 5. The van der Waals surface area contributed by atoms with E-state index in [-0.39, 0.29) is 0 Å². The number of oxime groups is 1. The molecule has 0 spiro atoms. The molecule has 88 valence electrons. The molecule has 1 aliphatic rings. The maximum absolute atomic E-state index is 12.4. The smallest absolute Gasteiger partial charge is 0.343 e. The van der Waals surface area contributed by atoms with Crippen LogP contribution >= 0.6 is 7.60 Å². The summed E-state index contributed by atoms with van der Waals surface area (Å²) < 4.78 is 22.9. The predicted octanol–water partition coefficient (Wildman–Crippen LogP) is 2.42. The van der Waals surface area contributed by atoms with Crippen molar-refractivity contribution >= 4 is 13.8 Å². The second-order valence-corrected chi connectivity index (χ2v) is 5.92. The van der Waals surface area contributed by atoms with Crippen LogP contribution in [-0.2, 0) is 18.5 Å². The first kappa shape index (κ1) is 12.7. The summed E-state index contributed by atoms with van der Waals surface area (Å²) >= 11 is 0. The largest absolute Gasteiger partial charge is 0.389 e. The third-order valence-electron chi connectivity index (χ3n) is 2.16. The van der Waals surface area contributed by atoms with E-state index in [9.17, 15) is 4.57 Å². The van der Waals surface area contributed by atoms with E-state index in [4.69, 9.17) is 13.9 Å². The number of hydrogen-bond donors (Lipinski definition) is 0. The third-order valence-corrected chi connectivity index (χ3v) is 4.83. The summed E-state index contributed by atoms with van der Waals surface area (Å²) in [4.78, 5) is 5.13. The molecule has 15 heavy (non-hydrogen) atoms. The fourth-order valence-corrected chi connectivity index (χ4v) is 3.62. The van der Waals surface area contributed by atoms with Crippen LogP contribution < -0.4 is 0 Å². The highest BCUT2D eigenvalue weighted by atomic mass is 31.2.